The molecule has 1 N–H and O–H groups in total. The van der Waals surface area contributed by atoms with Gasteiger partial charge in [0, 0.05) is 17.0 Å². The third-order valence-electron chi connectivity index (χ3n) is 4.09. The first-order valence-corrected chi connectivity index (χ1v) is 7.52. The maximum absolute atomic E-state index is 5.85. The van der Waals surface area contributed by atoms with Crippen LogP contribution >= 0.6 is 0 Å². The first-order valence-electron chi connectivity index (χ1n) is 7.52. The van der Waals surface area contributed by atoms with Gasteiger partial charge in [-0.15, -0.1) is 0 Å². The van der Waals surface area contributed by atoms with Gasteiger partial charge in [0.25, 0.3) is 0 Å². The number of benzene rings is 1. The lowest BCUT2D eigenvalue weighted by atomic mass is 10.2. The predicted octanol–water partition coefficient (Wildman–Crippen LogP) is 3.24. The van der Waals surface area contributed by atoms with Crippen LogP contribution in [0.25, 0.3) is 10.9 Å². The quantitative estimate of drug-likeness (QED) is 0.780. The molecule has 0 amide bonds. The van der Waals surface area contributed by atoms with E-state index in [1.807, 2.05) is 29.9 Å². The molecule has 108 valence electrons. The van der Waals surface area contributed by atoms with Crippen LogP contribution in [0.2, 0.25) is 0 Å². The maximum atomic E-state index is 5.85. The summed E-state index contributed by atoms with van der Waals surface area (Å²) < 4.78 is 7.88. The molecule has 0 radical (unpaired) electrons. The lowest BCUT2D eigenvalue weighted by Crippen LogP contribution is -2.14. The number of fused-ring (bicyclic) bond motifs is 1. The van der Waals surface area contributed by atoms with Crippen molar-refractivity contribution < 1.29 is 4.42 Å². The number of aromatic nitrogens is 2. The van der Waals surface area contributed by atoms with E-state index < -0.39 is 0 Å². The Morgan fingerprint density at radius 2 is 2.19 bits per heavy atom. The number of hydrogen-bond acceptors (Lipinski definition) is 3. The predicted molar refractivity (Wildman–Crippen MR) is 82.1 cm³/mol. The Bertz CT molecular complexity index is 767. The van der Waals surface area contributed by atoms with Crippen molar-refractivity contribution >= 4 is 10.9 Å². The van der Waals surface area contributed by atoms with Crippen LogP contribution < -0.4 is 5.32 Å². The number of rotatable bonds is 5. The van der Waals surface area contributed by atoms with Crippen molar-refractivity contribution in [2.24, 2.45) is 0 Å². The summed E-state index contributed by atoms with van der Waals surface area (Å²) in [6, 6.07) is 11.1. The second-order valence-electron chi connectivity index (χ2n) is 5.81. The molecule has 0 bridgehead atoms. The molecule has 0 spiro atoms. The topological polar surface area (TPSA) is 43.0 Å². The molecular weight excluding hydrogens is 262 g/mol. The van der Waals surface area contributed by atoms with Crippen molar-refractivity contribution in [2.75, 3.05) is 0 Å². The molecule has 1 aromatic carbocycles. The third kappa shape index (κ3) is 2.59. The summed E-state index contributed by atoms with van der Waals surface area (Å²) in [5, 5.41) is 9.15. The van der Waals surface area contributed by atoms with Crippen molar-refractivity contribution in [3.63, 3.8) is 0 Å². The SMILES string of the molecule is Cc1oc(CNC2CC2)cc1Cn1ncc2ccccc21. The van der Waals surface area contributed by atoms with Crippen LogP contribution in [0.15, 0.2) is 40.9 Å². The summed E-state index contributed by atoms with van der Waals surface area (Å²) in [4.78, 5) is 0. The molecule has 0 aliphatic heterocycles. The van der Waals surface area contributed by atoms with Gasteiger partial charge >= 0.3 is 0 Å². The van der Waals surface area contributed by atoms with Crippen molar-refractivity contribution in [1.82, 2.24) is 15.1 Å². The largest absolute Gasteiger partial charge is 0.465 e. The van der Waals surface area contributed by atoms with E-state index in [-0.39, 0.29) is 0 Å². The minimum Gasteiger partial charge on any atom is -0.465 e. The van der Waals surface area contributed by atoms with Crippen molar-refractivity contribution in [3.05, 3.63) is 53.6 Å². The van der Waals surface area contributed by atoms with Crippen LogP contribution in [0, 0.1) is 6.92 Å². The van der Waals surface area contributed by atoms with E-state index >= 15 is 0 Å². The Hall–Kier alpha value is -2.07. The summed E-state index contributed by atoms with van der Waals surface area (Å²) >= 11 is 0. The molecule has 1 aliphatic carbocycles. The number of aryl methyl sites for hydroxylation is 1. The minimum absolute atomic E-state index is 0.703. The molecule has 21 heavy (non-hydrogen) atoms. The normalized spacial score (nSPS) is 14.9. The Labute approximate surface area is 123 Å². The second-order valence-corrected chi connectivity index (χ2v) is 5.81. The number of para-hydroxylation sites is 1. The fraction of sp³-hybridized carbons (Fsp3) is 0.353. The van der Waals surface area contributed by atoms with Crippen molar-refractivity contribution in [1.29, 1.82) is 0 Å². The van der Waals surface area contributed by atoms with Crippen molar-refractivity contribution in [3.8, 4) is 0 Å². The summed E-state index contributed by atoms with van der Waals surface area (Å²) in [5.41, 5.74) is 2.37. The molecule has 0 unspecified atom stereocenters. The maximum Gasteiger partial charge on any atom is 0.118 e. The summed E-state index contributed by atoms with van der Waals surface area (Å²) in [5.74, 6) is 2.01. The van der Waals surface area contributed by atoms with Gasteiger partial charge < -0.3 is 9.73 Å². The van der Waals surface area contributed by atoms with E-state index in [2.05, 4.69) is 28.6 Å². The Balaban J connectivity index is 1.55. The molecule has 1 saturated carbocycles. The van der Waals surface area contributed by atoms with Gasteiger partial charge in [-0.05, 0) is 31.9 Å². The summed E-state index contributed by atoms with van der Waals surface area (Å²) in [6.07, 6.45) is 4.51. The lowest BCUT2D eigenvalue weighted by Gasteiger charge is -2.02. The highest BCUT2D eigenvalue weighted by Crippen LogP contribution is 2.22. The van der Waals surface area contributed by atoms with Crippen LogP contribution in [0.3, 0.4) is 0 Å². The monoisotopic (exact) mass is 281 g/mol. The fourth-order valence-corrected chi connectivity index (χ4v) is 2.68. The Kier molecular flexibility index (Phi) is 3.04. The molecule has 0 saturated heterocycles. The molecule has 3 aromatic rings. The van der Waals surface area contributed by atoms with Crippen molar-refractivity contribution in [2.45, 2.75) is 38.9 Å². The van der Waals surface area contributed by atoms with Gasteiger partial charge in [0.15, 0.2) is 0 Å². The molecular formula is C17H19N3O. The highest BCUT2D eigenvalue weighted by Gasteiger charge is 2.21. The lowest BCUT2D eigenvalue weighted by molar-refractivity contribution is 0.458. The van der Waals surface area contributed by atoms with E-state index in [9.17, 15) is 0 Å². The van der Waals surface area contributed by atoms with Crippen LogP contribution in [-0.2, 0) is 13.1 Å². The van der Waals surface area contributed by atoms with Gasteiger partial charge in [0.2, 0.25) is 0 Å². The van der Waals surface area contributed by atoms with Crippen LogP contribution in [0.4, 0.5) is 0 Å². The van der Waals surface area contributed by atoms with Crippen LogP contribution in [0.5, 0.6) is 0 Å². The molecule has 4 heteroatoms. The van der Waals surface area contributed by atoms with E-state index in [0.717, 1.165) is 30.1 Å². The first kappa shape index (κ1) is 12.7. The van der Waals surface area contributed by atoms with Crippen LogP contribution in [-0.4, -0.2) is 15.8 Å². The summed E-state index contributed by atoms with van der Waals surface area (Å²) in [7, 11) is 0. The zero-order valence-corrected chi connectivity index (χ0v) is 12.2. The van der Waals surface area contributed by atoms with Gasteiger partial charge in [-0.25, -0.2) is 0 Å². The molecule has 0 atom stereocenters. The smallest absolute Gasteiger partial charge is 0.118 e. The molecule has 4 nitrogen and oxygen atoms in total. The third-order valence-corrected chi connectivity index (χ3v) is 4.09. The van der Waals surface area contributed by atoms with Crippen LogP contribution in [0.1, 0.15) is 29.9 Å². The number of hydrogen-bond donors (Lipinski definition) is 1. The minimum atomic E-state index is 0.703. The van der Waals surface area contributed by atoms with Gasteiger partial charge in [0.05, 0.1) is 24.8 Å². The molecule has 2 heterocycles. The van der Waals surface area contributed by atoms with E-state index in [1.54, 1.807) is 0 Å². The van der Waals surface area contributed by atoms with Gasteiger partial charge in [-0.2, -0.15) is 5.10 Å². The average Bonchev–Trinajstić information content (AvgIpc) is 3.15. The second kappa shape index (κ2) is 5.04. The standard InChI is InChI=1S/C17H19N3O/c1-12-14(8-16(21-12)10-18-15-6-7-15)11-20-17-5-3-2-4-13(17)9-19-20/h2-5,8-9,15,18H,6-7,10-11H2,1H3. The van der Waals surface area contributed by atoms with E-state index in [0.29, 0.717) is 6.04 Å². The number of nitrogens with one attached hydrogen (secondary N) is 1. The number of nitrogens with zero attached hydrogens (tertiary/aromatic N) is 2. The fourth-order valence-electron chi connectivity index (χ4n) is 2.68. The first-order chi connectivity index (χ1) is 10.3. The highest BCUT2D eigenvalue weighted by molar-refractivity contribution is 5.78. The van der Waals surface area contributed by atoms with Gasteiger partial charge in [-0.3, -0.25) is 4.68 Å². The Morgan fingerprint density at radius 1 is 1.33 bits per heavy atom. The molecule has 1 fully saturated rings. The molecule has 1 aliphatic rings. The van der Waals surface area contributed by atoms with E-state index in [1.165, 1.54) is 23.8 Å². The van der Waals surface area contributed by atoms with Gasteiger partial charge in [0.1, 0.15) is 11.5 Å². The summed E-state index contributed by atoms with van der Waals surface area (Å²) in [6.45, 7) is 3.61. The number of furan rings is 1. The highest BCUT2D eigenvalue weighted by atomic mass is 16.3. The zero-order valence-electron chi connectivity index (χ0n) is 12.2. The van der Waals surface area contributed by atoms with Gasteiger partial charge in [-0.1, -0.05) is 18.2 Å². The average molecular weight is 281 g/mol. The Morgan fingerprint density at radius 3 is 3.05 bits per heavy atom. The molecule has 4 rings (SSSR count). The molecule has 2 aromatic heterocycles. The zero-order chi connectivity index (χ0) is 14.2. The van der Waals surface area contributed by atoms with E-state index in [4.69, 9.17) is 4.42 Å².